The van der Waals surface area contributed by atoms with Crippen LogP contribution in [0.3, 0.4) is 0 Å². The van der Waals surface area contributed by atoms with Gasteiger partial charge in [-0.05, 0) is 40.7 Å². The highest BCUT2D eigenvalue weighted by molar-refractivity contribution is 5.15. The molecule has 0 spiro atoms. The first kappa shape index (κ1) is 15.2. The van der Waals surface area contributed by atoms with E-state index in [1.54, 1.807) is 0 Å². The molecule has 0 aliphatic rings. The van der Waals surface area contributed by atoms with E-state index in [0.717, 1.165) is 26.1 Å². The van der Waals surface area contributed by atoms with E-state index < -0.39 is 0 Å². The van der Waals surface area contributed by atoms with Crippen LogP contribution in [-0.2, 0) is 11.3 Å². The molecule has 1 heterocycles. The number of nitrogens with one attached hydrogen (secondary N) is 1. The fourth-order valence-corrected chi connectivity index (χ4v) is 2.21. The van der Waals surface area contributed by atoms with E-state index in [0.29, 0.717) is 0 Å². The number of nitrogens with zero attached hydrogens (tertiary/aromatic N) is 2. The molecule has 0 fully saturated rings. The van der Waals surface area contributed by atoms with Gasteiger partial charge in [-0.25, -0.2) is 0 Å². The van der Waals surface area contributed by atoms with Crippen molar-refractivity contribution in [3.05, 3.63) is 18.0 Å². The summed E-state index contributed by atoms with van der Waals surface area (Å²) in [6.45, 7) is 13.2. The van der Waals surface area contributed by atoms with Crippen molar-refractivity contribution < 1.29 is 4.74 Å². The Bertz CT molecular complexity index is 347. The molecule has 104 valence electrons. The lowest BCUT2D eigenvalue weighted by atomic mass is 9.93. The van der Waals surface area contributed by atoms with Crippen LogP contribution in [0.2, 0.25) is 0 Å². The smallest absolute Gasteiger partial charge is 0.0821 e. The molecule has 1 unspecified atom stereocenters. The Morgan fingerprint density at radius 2 is 2.11 bits per heavy atom. The van der Waals surface area contributed by atoms with Gasteiger partial charge in [-0.3, -0.25) is 4.68 Å². The molecule has 1 atom stereocenters. The average Bonchev–Trinajstić information content (AvgIpc) is 2.77. The Morgan fingerprint density at radius 1 is 1.39 bits per heavy atom. The molecule has 1 rings (SSSR count). The van der Waals surface area contributed by atoms with Crippen LogP contribution in [0.25, 0.3) is 0 Å². The Hall–Kier alpha value is -0.870. The van der Waals surface area contributed by atoms with Gasteiger partial charge < -0.3 is 10.1 Å². The maximum absolute atomic E-state index is 5.89. The molecular formula is C14H27N3O. The van der Waals surface area contributed by atoms with Gasteiger partial charge >= 0.3 is 0 Å². The van der Waals surface area contributed by atoms with Gasteiger partial charge in [0.25, 0.3) is 0 Å². The Kier molecular flexibility index (Phi) is 5.82. The summed E-state index contributed by atoms with van der Waals surface area (Å²) in [4.78, 5) is 0. The number of hydrogen-bond donors (Lipinski definition) is 1. The molecule has 0 aliphatic heterocycles. The molecule has 1 N–H and O–H groups in total. The maximum Gasteiger partial charge on any atom is 0.0821 e. The largest absolute Gasteiger partial charge is 0.374 e. The van der Waals surface area contributed by atoms with Crippen molar-refractivity contribution in [2.24, 2.45) is 0 Å². The van der Waals surface area contributed by atoms with Crippen LogP contribution in [0.15, 0.2) is 12.4 Å². The number of hydrogen-bond acceptors (Lipinski definition) is 3. The summed E-state index contributed by atoms with van der Waals surface area (Å²) in [6.07, 6.45) is 5.16. The van der Waals surface area contributed by atoms with E-state index in [-0.39, 0.29) is 11.6 Å². The van der Waals surface area contributed by atoms with Gasteiger partial charge in [0.15, 0.2) is 0 Å². The van der Waals surface area contributed by atoms with Crippen LogP contribution in [0, 0.1) is 0 Å². The number of aromatic nitrogens is 2. The molecule has 0 amide bonds. The highest BCUT2D eigenvalue weighted by atomic mass is 16.5. The first-order valence-corrected chi connectivity index (χ1v) is 6.94. The van der Waals surface area contributed by atoms with E-state index in [9.17, 15) is 0 Å². The van der Waals surface area contributed by atoms with Gasteiger partial charge in [-0.2, -0.15) is 5.10 Å². The lowest BCUT2D eigenvalue weighted by Gasteiger charge is -2.34. The Balaban J connectivity index is 2.89. The molecule has 1 aromatic heterocycles. The minimum Gasteiger partial charge on any atom is -0.374 e. The van der Waals surface area contributed by atoms with Crippen LogP contribution in [0.4, 0.5) is 0 Å². The van der Waals surface area contributed by atoms with E-state index in [1.165, 1.54) is 5.56 Å². The normalized spacial score (nSPS) is 13.8. The second-order valence-corrected chi connectivity index (χ2v) is 5.05. The molecule has 1 aromatic rings. The summed E-state index contributed by atoms with van der Waals surface area (Å²) < 4.78 is 7.84. The lowest BCUT2D eigenvalue weighted by molar-refractivity contribution is -0.0391. The van der Waals surface area contributed by atoms with Crippen LogP contribution >= 0.6 is 0 Å². The molecule has 0 radical (unpaired) electrons. The Morgan fingerprint density at radius 3 is 2.61 bits per heavy atom. The zero-order valence-corrected chi connectivity index (χ0v) is 12.4. The van der Waals surface area contributed by atoms with Crippen LogP contribution in [0.1, 0.15) is 52.6 Å². The Labute approximate surface area is 111 Å². The van der Waals surface area contributed by atoms with Gasteiger partial charge in [-0.1, -0.05) is 6.92 Å². The van der Waals surface area contributed by atoms with Crippen molar-refractivity contribution in [2.45, 2.75) is 59.2 Å². The first-order chi connectivity index (χ1) is 8.55. The minimum absolute atomic E-state index is 0.178. The van der Waals surface area contributed by atoms with Crippen molar-refractivity contribution >= 4 is 0 Å². The monoisotopic (exact) mass is 253 g/mol. The number of rotatable bonds is 8. The van der Waals surface area contributed by atoms with Gasteiger partial charge in [0.05, 0.1) is 17.8 Å². The van der Waals surface area contributed by atoms with Gasteiger partial charge in [0.1, 0.15) is 0 Å². The second-order valence-electron chi connectivity index (χ2n) is 5.05. The predicted octanol–water partition coefficient (Wildman–Crippen LogP) is 2.76. The third-order valence-electron chi connectivity index (χ3n) is 3.12. The minimum atomic E-state index is -0.231. The number of ether oxygens (including phenoxy) is 1. The third-order valence-corrected chi connectivity index (χ3v) is 3.12. The fourth-order valence-electron chi connectivity index (χ4n) is 2.21. The molecule has 0 aromatic carbocycles. The van der Waals surface area contributed by atoms with Crippen LogP contribution in [-0.4, -0.2) is 28.5 Å². The first-order valence-electron chi connectivity index (χ1n) is 6.94. The van der Waals surface area contributed by atoms with E-state index in [1.807, 2.05) is 17.8 Å². The van der Waals surface area contributed by atoms with Crippen molar-refractivity contribution in [3.8, 4) is 0 Å². The molecule has 0 bridgehead atoms. The summed E-state index contributed by atoms with van der Waals surface area (Å²) in [6, 6.07) is 0.178. The van der Waals surface area contributed by atoms with Gasteiger partial charge in [0, 0.05) is 24.9 Å². The van der Waals surface area contributed by atoms with E-state index >= 15 is 0 Å². The van der Waals surface area contributed by atoms with Gasteiger partial charge in [0.2, 0.25) is 0 Å². The zero-order chi connectivity index (χ0) is 13.6. The molecule has 0 aliphatic carbocycles. The van der Waals surface area contributed by atoms with Crippen molar-refractivity contribution in [1.82, 2.24) is 15.1 Å². The molecule has 0 saturated heterocycles. The highest BCUT2D eigenvalue weighted by Gasteiger charge is 2.31. The van der Waals surface area contributed by atoms with E-state index in [2.05, 4.69) is 44.3 Å². The van der Waals surface area contributed by atoms with Crippen molar-refractivity contribution in [2.75, 3.05) is 13.2 Å². The molecule has 4 nitrogen and oxygen atoms in total. The zero-order valence-electron chi connectivity index (χ0n) is 12.4. The highest BCUT2D eigenvalue weighted by Crippen LogP contribution is 2.28. The average molecular weight is 253 g/mol. The molecule has 4 heteroatoms. The topological polar surface area (TPSA) is 39.1 Å². The van der Waals surface area contributed by atoms with Crippen molar-refractivity contribution in [1.29, 1.82) is 0 Å². The van der Waals surface area contributed by atoms with Gasteiger partial charge in [-0.15, -0.1) is 0 Å². The third kappa shape index (κ3) is 3.82. The fraction of sp³-hybridized carbons (Fsp3) is 0.786. The summed E-state index contributed by atoms with van der Waals surface area (Å²) in [5, 5.41) is 7.93. The second kappa shape index (κ2) is 6.90. The lowest BCUT2D eigenvalue weighted by Crippen LogP contribution is -2.41. The summed E-state index contributed by atoms with van der Waals surface area (Å²) >= 11 is 0. The van der Waals surface area contributed by atoms with Crippen LogP contribution in [0.5, 0.6) is 0 Å². The molecule has 0 saturated carbocycles. The molecule has 18 heavy (non-hydrogen) atoms. The predicted molar refractivity (Wildman–Crippen MR) is 74.6 cm³/mol. The summed E-state index contributed by atoms with van der Waals surface area (Å²) in [7, 11) is 0. The summed E-state index contributed by atoms with van der Waals surface area (Å²) in [5.41, 5.74) is 0.967. The van der Waals surface area contributed by atoms with Crippen LogP contribution < -0.4 is 5.32 Å². The number of aryl methyl sites for hydroxylation is 1. The SMILES string of the molecule is CCCNC(c1cnn(CC)c1)C(C)(C)OCC. The quantitative estimate of drug-likeness (QED) is 0.774. The van der Waals surface area contributed by atoms with E-state index in [4.69, 9.17) is 4.74 Å². The van der Waals surface area contributed by atoms with Crippen molar-refractivity contribution in [3.63, 3.8) is 0 Å². The standard InChI is InChI=1S/C14H27N3O/c1-6-9-15-13(14(4,5)18-8-3)12-10-16-17(7-2)11-12/h10-11,13,15H,6-9H2,1-5H3. The molecular weight excluding hydrogens is 226 g/mol. The summed E-state index contributed by atoms with van der Waals surface area (Å²) in [5.74, 6) is 0. The maximum atomic E-state index is 5.89.